The number of fused-ring (bicyclic) bond motifs is 1. The number of carboxylic acid groups (broad SMARTS) is 1. The van der Waals surface area contributed by atoms with Crippen LogP contribution in [0.15, 0.2) is 47.0 Å². The van der Waals surface area contributed by atoms with Gasteiger partial charge in [0.15, 0.2) is 5.76 Å². The molecular weight excluding hydrogens is 547 g/mol. The molecule has 0 radical (unpaired) electrons. The van der Waals surface area contributed by atoms with Gasteiger partial charge in [-0.2, -0.15) is 0 Å². The van der Waals surface area contributed by atoms with E-state index in [-0.39, 0.29) is 25.0 Å². The van der Waals surface area contributed by atoms with Crippen LogP contribution in [0.25, 0.3) is 21.5 Å². The van der Waals surface area contributed by atoms with Crippen molar-refractivity contribution < 1.29 is 19.2 Å². The van der Waals surface area contributed by atoms with Crippen LogP contribution in [0.2, 0.25) is 9.36 Å². The van der Waals surface area contributed by atoms with Gasteiger partial charge in [0.2, 0.25) is 0 Å². The first-order valence-corrected chi connectivity index (χ1v) is 14.0. The summed E-state index contributed by atoms with van der Waals surface area (Å²) in [5, 5.41) is 15.1. The molecular formula is C27H28Cl2N4O4S. The fourth-order valence-electron chi connectivity index (χ4n) is 5.08. The molecule has 1 aromatic carbocycles. The number of piperidine rings is 1. The molecule has 1 fully saturated rings. The van der Waals surface area contributed by atoms with E-state index in [1.54, 1.807) is 18.2 Å². The van der Waals surface area contributed by atoms with E-state index < -0.39 is 5.97 Å². The highest BCUT2D eigenvalue weighted by molar-refractivity contribution is 7.19. The van der Waals surface area contributed by atoms with Crippen molar-refractivity contribution in [3.8, 4) is 10.6 Å². The number of carboxylic acids is 1. The average Bonchev–Trinajstić information content (AvgIpc) is 3.62. The Labute approximate surface area is 234 Å². The highest BCUT2D eigenvalue weighted by atomic mass is 35.5. The number of hydrogen-bond donors (Lipinski definition) is 1. The van der Waals surface area contributed by atoms with Crippen LogP contribution in [0.4, 0.5) is 0 Å². The zero-order valence-corrected chi connectivity index (χ0v) is 23.4. The molecule has 0 atom stereocenters. The summed E-state index contributed by atoms with van der Waals surface area (Å²) in [6.45, 7) is 5.80. The van der Waals surface area contributed by atoms with Gasteiger partial charge in [-0.25, -0.2) is 0 Å². The quantitative estimate of drug-likeness (QED) is 0.273. The number of carbonyl (C=O) groups is 2. The maximum Gasteiger partial charge on any atom is 0.323 e. The molecule has 200 valence electrons. The Balaban J connectivity index is 1.50. The number of nitrogens with zero attached hydrogens (tertiary/aromatic N) is 4. The highest BCUT2D eigenvalue weighted by Crippen LogP contribution is 2.33. The molecule has 0 aliphatic carbocycles. The van der Waals surface area contributed by atoms with Gasteiger partial charge in [-0.05, 0) is 57.0 Å². The first kappa shape index (κ1) is 26.7. The minimum atomic E-state index is -1.04. The topological polar surface area (TPSA) is 91.8 Å². The first-order chi connectivity index (χ1) is 18.2. The molecule has 0 unspecified atom stereocenters. The summed E-state index contributed by atoms with van der Waals surface area (Å²) in [5.74, 6) is -0.791. The van der Waals surface area contributed by atoms with Crippen molar-refractivity contribution >= 4 is 57.3 Å². The lowest BCUT2D eigenvalue weighted by atomic mass is 10.0. The number of aromatic nitrogens is 2. The predicted octanol–water partition coefficient (Wildman–Crippen LogP) is 6.11. The second-order valence-electron chi connectivity index (χ2n) is 9.76. The van der Waals surface area contributed by atoms with E-state index in [0.29, 0.717) is 45.4 Å². The van der Waals surface area contributed by atoms with Crippen molar-refractivity contribution in [1.82, 2.24) is 19.5 Å². The summed E-state index contributed by atoms with van der Waals surface area (Å²) in [4.78, 5) is 30.6. The molecule has 0 bridgehead atoms. The van der Waals surface area contributed by atoms with Gasteiger partial charge < -0.3 is 24.0 Å². The molecule has 3 aromatic heterocycles. The largest absolute Gasteiger partial charge is 0.480 e. The van der Waals surface area contributed by atoms with Gasteiger partial charge in [0, 0.05) is 41.6 Å². The van der Waals surface area contributed by atoms with Crippen LogP contribution < -0.4 is 0 Å². The Kier molecular flexibility index (Phi) is 7.81. The Morgan fingerprint density at radius 1 is 1.18 bits per heavy atom. The van der Waals surface area contributed by atoms with Gasteiger partial charge in [-0.15, -0.1) is 11.3 Å². The van der Waals surface area contributed by atoms with E-state index in [9.17, 15) is 14.7 Å². The average molecular weight is 576 g/mol. The molecule has 1 saturated heterocycles. The van der Waals surface area contributed by atoms with Crippen molar-refractivity contribution in [3.05, 3.63) is 63.2 Å². The summed E-state index contributed by atoms with van der Waals surface area (Å²) in [6, 6.07) is 13.0. The van der Waals surface area contributed by atoms with Crippen molar-refractivity contribution in [2.75, 3.05) is 19.6 Å². The van der Waals surface area contributed by atoms with Gasteiger partial charge >= 0.3 is 5.97 Å². The number of aliphatic carboxylic acids is 1. The highest BCUT2D eigenvalue weighted by Gasteiger charge is 2.32. The van der Waals surface area contributed by atoms with Crippen LogP contribution in [-0.4, -0.2) is 68.2 Å². The summed E-state index contributed by atoms with van der Waals surface area (Å²) in [6.07, 6.45) is 1.43. The maximum absolute atomic E-state index is 14.0. The molecule has 1 aliphatic heterocycles. The number of halogens is 2. The third-order valence-corrected chi connectivity index (χ3v) is 8.62. The molecule has 1 amide bonds. The Bertz CT molecular complexity index is 1470. The zero-order chi connectivity index (χ0) is 27.0. The summed E-state index contributed by atoms with van der Waals surface area (Å²) < 4.78 is 8.04. The van der Waals surface area contributed by atoms with Gasteiger partial charge in [0.05, 0.1) is 21.3 Å². The first-order valence-electron chi connectivity index (χ1n) is 12.5. The van der Waals surface area contributed by atoms with Crippen LogP contribution in [0.5, 0.6) is 0 Å². The van der Waals surface area contributed by atoms with Crippen LogP contribution in [0.1, 0.15) is 42.9 Å². The molecule has 5 rings (SSSR count). The maximum atomic E-state index is 14.0. The summed E-state index contributed by atoms with van der Waals surface area (Å²) in [7, 11) is 0. The van der Waals surface area contributed by atoms with Crippen molar-refractivity contribution in [3.63, 3.8) is 0 Å². The standard InChI is InChI=1S/C27H28Cl2N4O4S/c1-16(2)31-10-8-18(9-11-31)32(15-26(34)35)27(36)22-13-19-20(28)4-3-5-21(19)33(22)14-17-12-23(37-30-17)24-6-7-25(29)38-24/h3-7,12-13,16,18H,8-11,14-15H2,1-2H3,(H,34,35). The third-order valence-electron chi connectivity index (χ3n) is 7.04. The van der Waals surface area contributed by atoms with Crippen molar-refractivity contribution in [2.45, 2.75) is 45.3 Å². The molecule has 8 nitrogen and oxygen atoms in total. The molecule has 1 aliphatic rings. The van der Waals surface area contributed by atoms with E-state index in [0.717, 1.165) is 28.9 Å². The van der Waals surface area contributed by atoms with Crippen LogP contribution >= 0.6 is 34.5 Å². The molecule has 11 heteroatoms. The number of rotatable bonds is 8. The fourth-order valence-corrected chi connectivity index (χ4v) is 6.30. The SMILES string of the molecule is CC(C)N1CCC(N(CC(=O)O)C(=O)c2cc3c(Cl)cccc3n2Cc2cc(-c3ccc(Cl)s3)on2)CC1. The monoisotopic (exact) mass is 574 g/mol. The Morgan fingerprint density at radius 3 is 2.61 bits per heavy atom. The Hall–Kier alpha value is -2.85. The van der Waals surface area contributed by atoms with Gasteiger partial charge in [-0.3, -0.25) is 9.59 Å². The lowest BCUT2D eigenvalue weighted by Crippen LogP contribution is -2.50. The van der Waals surface area contributed by atoms with E-state index in [1.807, 2.05) is 28.8 Å². The van der Waals surface area contributed by atoms with Gasteiger partial charge in [-0.1, -0.05) is 34.4 Å². The van der Waals surface area contributed by atoms with Crippen molar-refractivity contribution in [2.24, 2.45) is 0 Å². The minimum Gasteiger partial charge on any atom is -0.480 e. The van der Waals surface area contributed by atoms with Crippen LogP contribution in [0, 0.1) is 0 Å². The summed E-state index contributed by atoms with van der Waals surface area (Å²) in [5.41, 5.74) is 1.74. The second kappa shape index (κ2) is 11.1. The Morgan fingerprint density at radius 2 is 1.95 bits per heavy atom. The molecule has 0 spiro atoms. The second-order valence-corrected chi connectivity index (χ2v) is 11.9. The minimum absolute atomic E-state index is 0.169. The smallest absolute Gasteiger partial charge is 0.323 e. The zero-order valence-electron chi connectivity index (χ0n) is 21.1. The van der Waals surface area contributed by atoms with Crippen LogP contribution in [0.3, 0.4) is 0 Å². The molecule has 4 heterocycles. The van der Waals surface area contributed by atoms with E-state index in [4.69, 9.17) is 27.7 Å². The lowest BCUT2D eigenvalue weighted by molar-refractivity contribution is -0.138. The summed E-state index contributed by atoms with van der Waals surface area (Å²) >= 11 is 14.0. The number of benzene rings is 1. The third kappa shape index (κ3) is 5.47. The van der Waals surface area contributed by atoms with Gasteiger partial charge in [0.1, 0.15) is 17.9 Å². The van der Waals surface area contributed by atoms with E-state index in [2.05, 4.69) is 23.9 Å². The lowest BCUT2D eigenvalue weighted by Gasteiger charge is -2.39. The van der Waals surface area contributed by atoms with Crippen molar-refractivity contribution in [1.29, 1.82) is 0 Å². The predicted molar refractivity (Wildman–Crippen MR) is 149 cm³/mol. The number of carbonyl (C=O) groups excluding carboxylic acids is 1. The molecule has 1 N–H and O–H groups in total. The number of thiophene rings is 1. The van der Waals surface area contributed by atoms with E-state index >= 15 is 0 Å². The van der Waals surface area contributed by atoms with E-state index in [1.165, 1.54) is 16.2 Å². The van der Waals surface area contributed by atoms with Crippen LogP contribution in [-0.2, 0) is 11.3 Å². The number of hydrogen-bond acceptors (Lipinski definition) is 6. The normalized spacial score (nSPS) is 15.0. The molecule has 38 heavy (non-hydrogen) atoms. The number of amides is 1. The molecule has 0 saturated carbocycles. The number of likely N-dealkylation sites (tertiary alicyclic amines) is 1. The fraction of sp³-hybridized carbons (Fsp3) is 0.370. The molecule has 4 aromatic rings. The van der Waals surface area contributed by atoms with Gasteiger partial charge in [0.25, 0.3) is 5.91 Å².